The molecular weight excluding hydrogens is 310 g/mol. The van der Waals surface area contributed by atoms with Crippen molar-refractivity contribution in [1.82, 2.24) is 0 Å². The lowest BCUT2D eigenvalue weighted by molar-refractivity contribution is -0.464. The van der Waals surface area contributed by atoms with Crippen LogP contribution in [0.2, 0.25) is 0 Å². The molecule has 0 aromatic heterocycles. The first-order valence-electron chi connectivity index (χ1n) is 8.81. The van der Waals surface area contributed by atoms with Crippen molar-refractivity contribution in [3.8, 4) is 0 Å². The molecule has 0 saturated carbocycles. The zero-order chi connectivity index (χ0) is 17.8. The van der Waals surface area contributed by atoms with Crippen molar-refractivity contribution < 1.29 is 9.37 Å². The Morgan fingerprint density at radius 1 is 1.00 bits per heavy atom. The highest BCUT2D eigenvalue weighted by Gasteiger charge is 2.26. The van der Waals surface area contributed by atoms with E-state index in [0.29, 0.717) is 0 Å². The third kappa shape index (κ3) is 4.08. The van der Waals surface area contributed by atoms with Crippen LogP contribution in [0, 0.1) is 0 Å². The van der Waals surface area contributed by atoms with Gasteiger partial charge in [0.05, 0.1) is 20.0 Å². The fourth-order valence-corrected chi connectivity index (χ4v) is 3.21. The van der Waals surface area contributed by atoms with E-state index in [0.717, 1.165) is 36.5 Å². The molecule has 1 unspecified atom stereocenters. The summed E-state index contributed by atoms with van der Waals surface area (Å²) in [6.07, 6.45) is 3.05. The first kappa shape index (κ1) is 17.2. The SMILES string of the molecule is CC(Nc1ccc(NC(=O)C2CCCc3ccccc32)cc1)=[N+](C)C. The van der Waals surface area contributed by atoms with Gasteiger partial charge in [0.25, 0.3) is 0 Å². The lowest BCUT2D eigenvalue weighted by Crippen LogP contribution is -2.24. The summed E-state index contributed by atoms with van der Waals surface area (Å²) in [6.45, 7) is 2.02. The molecule has 0 saturated heterocycles. The predicted molar refractivity (Wildman–Crippen MR) is 104 cm³/mol. The van der Waals surface area contributed by atoms with Gasteiger partial charge in [0.2, 0.25) is 11.7 Å². The average molecular weight is 336 g/mol. The molecule has 1 amide bonds. The van der Waals surface area contributed by atoms with Gasteiger partial charge in [0.1, 0.15) is 5.69 Å². The number of carbonyl (C=O) groups is 1. The molecule has 0 spiro atoms. The molecule has 2 aromatic carbocycles. The maximum atomic E-state index is 12.7. The standard InChI is InChI=1S/C21H25N3O/c1-15(24(2)3)22-17-11-13-18(14-12-17)23-21(25)20-10-6-8-16-7-4-5-9-19(16)20/h4-5,7,9,11-14,20H,6,8,10H2,1-3H3,(H,23,25)/p+1. The lowest BCUT2D eigenvalue weighted by Gasteiger charge is -2.24. The van der Waals surface area contributed by atoms with E-state index in [1.54, 1.807) is 0 Å². The molecule has 1 atom stereocenters. The van der Waals surface area contributed by atoms with Crippen molar-refractivity contribution in [2.24, 2.45) is 0 Å². The topological polar surface area (TPSA) is 44.1 Å². The van der Waals surface area contributed by atoms with Gasteiger partial charge in [-0.15, -0.1) is 0 Å². The minimum absolute atomic E-state index is 0.0490. The molecule has 0 radical (unpaired) electrons. The Balaban J connectivity index is 1.69. The summed E-state index contributed by atoms with van der Waals surface area (Å²) in [5.41, 5.74) is 4.33. The highest BCUT2D eigenvalue weighted by atomic mass is 16.1. The largest absolute Gasteiger partial charge is 0.326 e. The van der Waals surface area contributed by atoms with Crippen LogP contribution in [0.5, 0.6) is 0 Å². The summed E-state index contributed by atoms with van der Waals surface area (Å²) in [5, 5.41) is 6.40. The number of nitrogens with one attached hydrogen (secondary N) is 2. The van der Waals surface area contributed by atoms with Gasteiger partial charge in [-0.1, -0.05) is 24.3 Å². The van der Waals surface area contributed by atoms with Crippen molar-refractivity contribution in [1.29, 1.82) is 0 Å². The molecule has 0 aliphatic heterocycles. The highest BCUT2D eigenvalue weighted by Crippen LogP contribution is 2.32. The third-order valence-corrected chi connectivity index (χ3v) is 4.83. The molecule has 0 fully saturated rings. The minimum atomic E-state index is -0.0490. The van der Waals surface area contributed by atoms with E-state index in [2.05, 4.69) is 28.8 Å². The number of fused-ring (bicyclic) bond motifs is 1. The van der Waals surface area contributed by atoms with Crippen LogP contribution in [0.25, 0.3) is 0 Å². The second-order valence-electron chi connectivity index (χ2n) is 6.82. The number of anilines is 2. The number of rotatable bonds is 3. The number of benzene rings is 2. The maximum Gasteiger partial charge on any atom is 0.246 e. The van der Waals surface area contributed by atoms with Gasteiger partial charge in [0.15, 0.2) is 0 Å². The van der Waals surface area contributed by atoms with Gasteiger partial charge in [-0.3, -0.25) is 9.37 Å². The Morgan fingerprint density at radius 2 is 1.64 bits per heavy atom. The second-order valence-corrected chi connectivity index (χ2v) is 6.82. The molecule has 0 bridgehead atoms. The summed E-state index contributed by atoms with van der Waals surface area (Å²) in [6, 6.07) is 16.2. The van der Waals surface area contributed by atoms with Crippen LogP contribution in [0.3, 0.4) is 0 Å². The van der Waals surface area contributed by atoms with E-state index in [-0.39, 0.29) is 11.8 Å². The second kappa shape index (κ2) is 7.51. The Hall–Kier alpha value is -2.62. The number of hydrogen-bond acceptors (Lipinski definition) is 1. The van der Waals surface area contributed by atoms with Gasteiger partial charge in [-0.05, 0) is 54.7 Å². The predicted octanol–water partition coefficient (Wildman–Crippen LogP) is 3.85. The van der Waals surface area contributed by atoms with Crippen LogP contribution in [-0.2, 0) is 11.2 Å². The van der Waals surface area contributed by atoms with Crippen molar-refractivity contribution in [3.05, 3.63) is 59.7 Å². The molecule has 4 heteroatoms. The lowest BCUT2D eigenvalue weighted by atomic mass is 9.82. The third-order valence-electron chi connectivity index (χ3n) is 4.83. The fraction of sp³-hybridized carbons (Fsp3) is 0.333. The number of amides is 1. The van der Waals surface area contributed by atoms with Crippen molar-refractivity contribution in [2.75, 3.05) is 24.7 Å². The van der Waals surface area contributed by atoms with E-state index in [4.69, 9.17) is 0 Å². The summed E-state index contributed by atoms with van der Waals surface area (Å²) in [4.78, 5) is 12.7. The number of amidine groups is 1. The van der Waals surface area contributed by atoms with Crippen molar-refractivity contribution >= 4 is 23.1 Å². The quantitative estimate of drug-likeness (QED) is 0.508. The molecule has 1 aliphatic rings. The van der Waals surface area contributed by atoms with Gasteiger partial charge in [0, 0.05) is 12.6 Å². The normalized spacial score (nSPS) is 15.9. The maximum absolute atomic E-state index is 12.7. The Kier molecular flexibility index (Phi) is 5.17. The molecule has 1 aliphatic carbocycles. The molecule has 3 rings (SSSR count). The van der Waals surface area contributed by atoms with Gasteiger partial charge >= 0.3 is 0 Å². The zero-order valence-corrected chi connectivity index (χ0v) is 15.2. The van der Waals surface area contributed by atoms with Crippen molar-refractivity contribution in [3.63, 3.8) is 0 Å². The summed E-state index contributed by atoms with van der Waals surface area (Å²) >= 11 is 0. The van der Waals surface area contributed by atoms with E-state index in [9.17, 15) is 4.79 Å². The number of nitrogens with zero attached hydrogens (tertiary/aromatic N) is 1. The van der Waals surface area contributed by atoms with Crippen LogP contribution < -0.4 is 10.6 Å². The Morgan fingerprint density at radius 3 is 2.32 bits per heavy atom. The van der Waals surface area contributed by atoms with Gasteiger partial charge < -0.3 is 5.32 Å². The molecule has 2 aromatic rings. The molecule has 130 valence electrons. The molecule has 0 heterocycles. The number of carbonyl (C=O) groups excluding carboxylic acids is 1. The highest BCUT2D eigenvalue weighted by molar-refractivity contribution is 5.96. The summed E-state index contributed by atoms with van der Waals surface area (Å²) < 4.78 is 2.02. The number of aryl methyl sites for hydroxylation is 1. The summed E-state index contributed by atoms with van der Waals surface area (Å²) in [7, 11) is 4.00. The smallest absolute Gasteiger partial charge is 0.246 e. The fourth-order valence-electron chi connectivity index (χ4n) is 3.21. The Bertz CT molecular complexity index is 789. The van der Waals surface area contributed by atoms with Crippen LogP contribution in [0.1, 0.15) is 36.8 Å². The molecular formula is C21H26N3O+. The van der Waals surface area contributed by atoms with E-state index >= 15 is 0 Å². The van der Waals surface area contributed by atoms with E-state index < -0.39 is 0 Å². The first-order chi connectivity index (χ1) is 12.0. The molecule has 2 N–H and O–H groups in total. The van der Waals surface area contributed by atoms with Gasteiger partial charge in [-0.2, -0.15) is 0 Å². The average Bonchev–Trinajstić information content (AvgIpc) is 2.62. The first-order valence-corrected chi connectivity index (χ1v) is 8.81. The molecule has 4 nitrogen and oxygen atoms in total. The van der Waals surface area contributed by atoms with Gasteiger partial charge in [-0.25, -0.2) is 5.32 Å². The van der Waals surface area contributed by atoms with Crippen LogP contribution >= 0.6 is 0 Å². The monoisotopic (exact) mass is 336 g/mol. The van der Waals surface area contributed by atoms with E-state index in [1.165, 1.54) is 11.1 Å². The summed E-state index contributed by atoms with van der Waals surface area (Å²) in [5.74, 6) is 1.10. The Labute approximate surface area is 149 Å². The van der Waals surface area contributed by atoms with Crippen LogP contribution in [0.4, 0.5) is 11.4 Å². The van der Waals surface area contributed by atoms with Crippen LogP contribution in [0.15, 0.2) is 48.5 Å². The number of hydrogen-bond donors (Lipinski definition) is 2. The van der Waals surface area contributed by atoms with Crippen LogP contribution in [-0.4, -0.2) is 30.4 Å². The minimum Gasteiger partial charge on any atom is -0.326 e. The van der Waals surface area contributed by atoms with Crippen molar-refractivity contribution in [2.45, 2.75) is 32.1 Å². The van der Waals surface area contributed by atoms with E-state index in [1.807, 2.05) is 55.9 Å². The zero-order valence-electron chi connectivity index (χ0n) is 15.2. The molecule has 25 heavy (non-hydrogen) atoms.